The molecule has 1 aromatic carbocycles. The fourth-order valence-electron chi connectivity index (χ4n) is 2.36. The van der Waals surface area contributed by atoms with Crippen molar-refractivity contribution in [2.24, 2.45) is 11.0 Å². The number of nitrogens with zero attached hydrogens (tertiary/aromatic N) is 1. The maximum atomic E-state index is 12.0. The Hall–Kier alpha value is -1.06. The molecule has 1 amide bonds. The summed E-state index contributed by atoms with van der Waals surface area (Å²) in [4.78, 5) is 12.0. The Bertz CT molecular complexity index is 519. The summed E-state index contributed by atoms with van der Waals surface area (Å²) in [5.74, 6) is 0.549. The lowest BCUT2D eigenvalue weighted by atomic mass is 9.86. The molecule has 1 fully saturated rings. The molecular formula is C15H18Cl2N2O. The molecule has 0 bridgehead atoms. The molecule has 1 aliphatic rings. The van der Waals surface area contributed by atoms with Gasteiger partial charge in [0.1, 0.15) is 0 Å². The van der Waals surface area contributed by atoms with Crippen LogP contribution in [-0.2, 0) is 0 Å². The molecule has 2 rings (SSSR count). The second kappa shape index (κ2) is 7.09. The number of hydrogen-bond acceptors (Lipinski definition) is 2. The molecule has 20 heavy (non-hydrogen) atoms. The number of halogens is 2. The molecule has 1 N–H and O–H groups in total. The zero-order chi connectivity index (χ0) is 14.5. The van der Waals surface area contributed by atoms with Crippen molar-refractivity contribution in [3.05, 3.63) is 33.8 Å². The van der Waals surface area contributed by atoms with Gasteiger partial charge in [-0.15, -0.1) is 0 Å². The van der Waals surface area contributed by atoms with Gasteiger partial charge in [-0.1, -0.05) is 36.5 Å². The first-order chi connectivity index (χ1) is 9.60. The van der Waals surface area contributed by atoms with E-state index in [1.807, 2.05) is 0 Å². The van der Waals surface area contributed by atoms with E-state index in [0.717, 1.165) is 37.3 Å². The van der Waals surface area contributed by atoms with Gasteiger partial charge < -0.3 is 0 Å². The smallest absolute Gasteiger partial charge is 0.267 e. The van der Waals surface area contributed by atoms with E-state index in [-0.39, 0.29) is 5.91 Å². The molecule has 0 spiro atoms. The lowest BCUT2D eigenvalue weighted by Crippen LogP contribution is -2.22. The number of hydrogen-bond donors (Lipinski definition) is 1. The molecule has 0 heterocycles. The number of benzene rings is 1. The van der Waals surface area contributed by atoms with E-state index in [4.69, 9.17) is 23.2 Å². The van der Waals surface area contributed by atoms with Gasteiger partial charge in [0.2, 0.25) is 0 Å². The van der Waals surface area contributed by atoms with Crippen molar-refractivity contribution in [3.8, 4) is 0 Å². The Kier molecular flexibility index (Phi) is 5.44. The lowest BCUT2D eigenvalue weighted by molar-refractivity contribution is 0.0954. The molecule has 1 aromatic rings. The monoisotopic (exact) mass is 312 g/mol. The van der Waals surface area contributed by atoms with Crippen LogP contribution in [0.5, 0.6) is 0 Å². The molecule has 0 unspecified atom stereocenters. The van der Waals surface area contributed by atoms with Gasteiger partial charge in [-0.05, 0) is 49.8 Å². The molecule has 0 aromatic heterocycles. The Morgan fingerprint density at radius 3 is 2.60 bits per heavy atom. The molecule has 0 atom stereocenters. The third-order valence-corrected chi connectivity index (χ3v) is 4.50. The Morgan fingerprint density at radius 1 is 1.30 bits per heavy atom. The van der Waals surface area contributed by atoms with E-state index >= 15 is 0 Å². The molecule has 5 heteroatoms. The summed E-state index contributed by atoms with van der Waals surface area (Å²) in [5.41, 5.74) is 4.13. The number of rotatable bonds is 3. The molecule has 0 radical (unpaired) electrons. The quantitative estimate of drug-likeness (QED) is 0.809. The maximum absolute atomic E-state index is 12.0. The third-order valence-electron chi connectivity index (χ3n) is 3.76. The third kappa shape index (κ3) is 3.97. The molecule has 0 saturated heterocycles. The molecule has 3 nitrogen and oxygen atoms in total. The normalized spacial score (nSPS) is 18.8. The summed E-state index contributed by atoms with van der Waals surface area (Å²) < 4.78 is 0. The van der Waals surface area contributed by atoms with Gasteiger partial charge in [0.15, 0.2) is 0 Å². The Morgan fingerprint density at radius 2 is 2.00 bits per heavy atom. The van der Waals surface area contributed by atoms with Crippen molar-refractivity contribution in [2.75, 3.05) is 0 Å². The highest BCUT2D eigenvalue weighted by Gasteiger charge is 2.16. The van der Waals surface area contributed by atoms with Crippen molar-refractivity contribution in [1.82, 2.24) is 5.43 Å². The van der Waals surface area contributed by atoms with Gasteiger partial charge >= 0.3 is 0 Å². The van der Waals surface area contributed by atoms with Gasteiger partial charge in [0, 0.05) is 11.3 Å². The summed E-state index contributed by atoms with van der Waals surface area (Å²) in [6.07, 6.45) is 5.50. The van der Waals surface area contributed by atoms with Crippen molar-refractivity contribution in [3.63, 3.8) is 0 Å². The van der Waals surface area contributed by atoms with E-state index in [2.05, 4.69) is 17.5 Å². The minimum atomic E-state index is -0.256. The zero-order valence-corrected chi connectivity index (χ0v) is 13.0. The highest BCUT2D eigenvalue weighted by molar-refractivity contribution is 6.42. The van der Waals surface area contributed by atoms with E-state index in [0.29, 0.717) is 15.6 Å². The van der Waals surface area contributed by atoms with Gasteiger partial charge in [-0.3, -0.25) is 4.79 Å². The number of carbonyl (C=O) groups is 1. The first-order valence-corrected chi connectivity index (χ1v) is 7.66. The van der Waals surface area contributed by atoms with Crippen LogP contribution in [0.2, 0.25) is 10.0 Å². The van der Waals surface area contributed by atoms with Crippen molar-refractivity contribution in [1.29, 1.82) is 0 Å². The van der Waals surface area contributed by atoms with Crippen LogP contribution < -0.4 is 5.43 Å². The number of carbonyl (C=O) groups excluding carboxylic acids is 1. The molecule has 108 valence electrons. The second-order valence-corrected chi connectivity index (χ2v) is 5.91. The topological polar surface area (TPSA) is 41.5 Å². The van der Waals surface area contributed by atoms with Crippen LogP contribution in [0.3, 0.4) is 0 Å². The molecular weight excluding hydrogens is 295 g/mol. The minimum absolute atomic E-state index is 0.256. The summed E-state index contributed by atoms with van der Waals surface area (Å²) in [7, 11) is 0. The first kappa shape index (κ1) is 15.3. The minimum Gasteiger partial charge on any atom is -0.267 e. The Labute approximate surface area is 129 Å². The van der Waals surface area contributed by atoms with Crippen LogP contribution in [-0.4, -0.2) is 11.6 Å². The average molecular weight is 313 g/mol. The first-order valence-electron chi connectivity index (χ1n) is 6.91. The predicted molar refractivity (Wildman–Crippen MR) is 83.6 cm³/mol. The SMILES string of the molecule is CCC1CCC(=NNC(=O)c2ccc(Cl)c(Cl)c2)CC1. The highest BCUT2D eigenvalue weighted by atomic mass is 35.5. The van der Waals surface area contributed by atoms with E-state index in [1.54, 1.807) is 18.2 Å². The van der Waals surface area contributed by atoms with Crippen LogP contribution in [0, 0.1) is 5.92 Å². The highest BCUT2D eigenvalue weighted by Crippen LogP contribution is 2.25. The summed E-state index contributed by atoms with van der Waals surface area (Å²) in [6, 6.07) is 4.80. The van der Waals surface area contributed by atoms with Crippen LogP contribution >= 0.6 is 23.2 Å². The van der Waals surface area contributed by atoms with Crippen LogP contribution in [0.1, 0.15) is 49.4 Å². The summed E-state index contributed by atoms with van der Waals surface area (Å²) in [5, 5.41) is 5.03. The van der Waals surface area contributed by atoms with Crippen molar-refractivity contribution in [2.45, 2.75) is 39.0 Å². The summed E-state index contributed by atoms with van der Waals surface area (Å²) >= 11 is 11.7. The van der Waals surface area contributed by atoms with Crippen LogP contribution in [0.4, 0.5) is 0 Å². The van der Waals surface area contributed by atoms with E-state index < -0.39 is 0 Å². The molecule has 0 aliphatic heterocycles. The van der Waals surface area contributed by atoms with Gasteiger partial charge in [0.05, 0.1) is 10.0 Å². The second-order valence-electron chi connectivity index (χ2n) is 5.10. The zero-order valence-electron chi connectivity index (χ0n) is 11.5. The van der Waals surface area contributed by atoms with E-state index in [9.17, 15) is 4.79 Å². The predicted octanol–water partition coefficient (Wildman–Crippen LogP) is 4.68. The standard InChI is InChI=1S/C15H18Cl2N2O/c1-2-10-3-6-12(7-4-10)18-19-15(20)11-5-8-13(16)14(17)9-11/h5,8-10H,2-4,6-7H2,1H3,(H,19,20). The maximum Gasteiger partial charge on any atom is 0.271 e. The van der Waals surface area contributed by atoms with Crippen molar-refractivity contribution < 1.29 is 4.79 Å². The molecule has 1 aliphatic carbocycles. The number of hydrazone groups is 1. The average Bonchev–Trinajstić information content (AvgIpc) is 2.48. The van der Waals surface area contributed by atoms with Gasteiger partial charge in [-0.25, -0.2) is 5.43 Å². The number of nitrogens with one attached hydrogen (secondary N) is 1. The number of amides is 1. The van der Waals surface area contributed by atoms with Crippen molar-refractivity contribution >= 4 is 34.8 Å². The van der Waals surface area contributed by atoms with E-state index in [1.165, 1.54) is 6.42 Å². The lowest BCUT2D eigenvalue weighted by Gasteiger charge is -2.21. The summed E-state index contributed by atoms with van der Waals surface area (Å²) in [6.45, 7) is 2.22. The Balaban J connectivity index is 1.93. The fourth-order valence-corrected chi connectivity index (χ4v) is 2.66. The molecule has 1 saturated carbocycles. The van der Waals surface area contributed by atoms with Gasteiger partial charge in [0.25, 0.3) is 5.91 Å². The fraction of sp³-hybridized carbons (Fsp3) is 0.467. The largest absolute Gasteiger partial charge is 0.271 e. The van der Waals surface area contributed by atoms with Crippen LogP contribution in [0.25, 0.3) is 0 Å². The van der Waals surface area contributed by atoms with Crippen LogP contribution in [0.15, 0.2) is 23.3 Å². The van der Waals surface area contributed by atoms with Gasteiger partial charge in [-0.2, -0.15) is 5.10 Å².